The van der Waals surface area contributed by atoms with Gasteiger partial charge in [-0.15, -0.1) is 10.2 Å². The predicted molar refractivity (Wildman–Crippen MR) is 111 cm³/mol. The molecule has 0 radical (unpaired) electrons. The van der Waals surface area contributed by atoms with E-state index in [-0.39, 0.29) is 33.8 Å². The Morgan fingerprint density at radius 2 is 1.86 bits per heavy atom. The minimum Gasteiger partial charge on any atom is -0.354 e. The number of anilines is 1. The molecule has 0 saturated carbocycles. The maximum Gasteiger partial charge on any atom is 0.286 e. The number of halogens is 1. The van der Waals surface area contributed by atoms with Gasteiger partial charge in [0.25, 0.3) is 11.8 Å². The van der Waals surface area contributed by atoms with Gasteiger partial charge >= 0.3 is 0 Å². The van der Waals surface area contributed by atoms with Gasteiger partial charge in [0.2, 0.25) is 15.9 Å². The zero-order valence-electron chi connectivity index (χ0n) is 16.1. The molecule has 29 heavy (non-hydrogen) atoms. The Morgan fingerprint density at radius 3 is 2.55 bits per heavy atom. The van der Waals surface area contributed by atoms with Gasteiger partial charge in [0.1, 0.15) is 0 Å². The molecular formula is C19H22ClN5O3S. The number of aromatic nitrogens is 2. The Hall–Kier alpha value is -2.52. The van der Waals surface area contributed by atoms with Gasteiger partial charge in [-0.2, -0.15) is 0 Å². The Kier molecular flexibility index (Phi) is 6.81. The summed E-state index contributed by atoms with van der Waals surface area (Å²) >= 11 is 6.76. The van der Waals surface area contributed by atoms with Crippen LogP contribution in [0, 0.1) is 5.92 Å². The fourth-order valence-corrected chi connectivity index (χ4v) is 3.87. The van der Waals surface area contributed by atoms with Crippen LogP contribution in [0.25, 0.3) is 0 Å². The first-order valence-corrected chi connectivity index (χ1v) is 10.5. The van der Waals surface area contributed by atoms with Crippen molar-refractivity contribution >= 4 is 46.3 Å². The maximum absolute atomic E-state index is 12.8. The van der Waals surface area contributed by atoms with Crippen molar-refractivity contribution in [2.75, 3.05) is 18.4 Å². The van der Waals surface area contributed by atoms with E-state index in [0.29, 0.717) is 23.8 Å². The summed E-state index contributed by atoms with van der Waals surface area (Å²) in [6.07, 6.45) is 1.48. The lowest BCUT2D eigenvalue weighted by Crippen LogP contribution is -2.46. The Labute approximate surface area is 177 Å². The zero-order chi connectivity index (χ0) is 21.0. The van der Waals surface area contributed by atoms with E-state index in [0.717, 1.165) is 24.2 Å². The number of nitrogens with zero attached hydrogens (tertiary/aromatic N) is 3. The number of piperidine rings is 1. The molecule has 1 aliphatic heterocycles. The quantitative estimate of drug-likeness (QED) is 0.751. The molecule has 2 heterocycles. The highest BCUT2D eigenvalue weighted by Gasteiger charge is 2.31. The molecule has 10 heteroatoms. The number of amides is 3. The van der Waals surface area contributed by atoms with Gasteiger partial charge in [0.15, 0.2) is 0 Å². The molecule has 1 atom stereocenters. The number of likely N-dealkylation sites (tertiary alicyclic amines) is 1. The first kappa shape index (κ1) is 21.2. The molecule has 0 aliphatic carbocycles. The number of carbonyl (C=O) groups excluding carboxylic acids is 3. The monoisotopic (exact) mass is 435 g/mol. The van der Waals surface area contributed by atoms with Crippen LogP contribution in [0.15, 0.2) is 24.3 Å². The van der Waals surface area contributed by atoms with Gasteiger partial charge in [-0.25, -0.2) is 0 Å². The predicted octanol–water partition coefficient (Wildman–Crippen LogP) is 2.82. The van der Waals surface area contributed by atoms with Crippen molar-refractivity contribution < 1.29 is 14.4 Å². The lowest BCUT2D eigenvalue weighted by Gasteiger charge is -2.31. The molecule has 0 bridgehead atoms. The van der Waals surface area contributed by atoms with Gasteiger partial charge in [0.05, 0.1) is 5.92 Å². The van der Waals surface area contributed by atoms with Gasteiger partial charge in [-0.1, -0.05) is 22.9 Å². The first-order valence-electron chi connectivity index (χ1n) is 9.33. The van der Waals surface area contributed by atoms with Crippen molar-refractivity contribution in [3.63, 3.8) is 0 Å². The van der Waals surface area contributed by atoms with Gasteiger partial charge in [-0.3, -0.25) is 14.4 Å². The molecule has 8 nitrogen and oxygen atoms in total. The van der Waals surface area contributed by atoms with Crippen LogP contribution in [0.4, 0.5) is 5.69 Å². The molecule has 1 saturated heterocycles. The number of hydrogen-bond donors (Lipinski definition) is 2. The fourth-order valence-electron chi connectivity index (χ4n) is 3.03. The minimum absolute atomic E-state index is 0.0437. The van der Waals surface area contributed by atoms with Crippen molar-refractivity contribution in [2.45, 2.75) is 32.7 Å². The Bertz CT molecular complexity index is 900. The SMILES string of the molecule is CC(C)NC(=O)[C@@H]1CCCN(C(=O)c2nnc(C(=O)Nc3ccc(Cl)cc3)s2)C1. The average Bonchev–Trinajstić information content (AvgIpc) is 3.19. The topological polar surface area (TPSA) is 104 Å². The third-order valence-electron chi connectivity index (χ3n) is 4.41. The molecule has 1 fully saturated rings. The van der Waals surface area contributed by atoms with Crippen LogP contribution in [0.5, 0.6) is 0 Å². The van der Waals surface area contributed by atoms with Crippen LogP contribution < -0.4 is 10.6 Å². The molecule has 2 N–H and O–H groups in total. The largest absolute Gasteiger partial charge is 0.354 e. The molecule has 2 aromatic rings. The number of rotatable bonds is 5. The molecule has 154 valence electrons. The smallest absolute Gasteiger partial charge is 0.286 e. The van der Waals surface area contributed by atoms with Crippen LogP contribution in [-0.2, 0) is 4.79 Å². The van der Waals surface area contributed by atoms with E-state index in [1.165, 1.54) is 0 Å². The van der Waals surface area contributed by atoms with Gasteiger partial charge in [-0.05, 0) is 51.0 Å². The summed E-state index contributed by atoms with van der Waals surface area (Å²) in [6, 6.07) is 6.72. The summed E-state index contributed by atoms with van der Waals surface area (Å²) in [6.45, 7) is 4.70. The average molecular weight is 436 g/mol. The summed E-state index contributed by atoms with van der Waals surface area (Å²) in [4.78, 5) is 39.0. The number of nitrogens with one attached hydrogen (secondary N) is 2. The molecule has 3 rings (SSSR count). The highest BCUT2D eigenvalue weighted by atomic mass is 35.5. The highest BCUT2D eigenvalue weighted by molar-refractivity contribution is 7.15. The van der Waals surface area contributed by atoms with Crippen LogP contribution >= 0.6 is 22.9 Å². The van der Waals surface area contributed by atoms with Crippen molar-refractivity contribution in [3.8, 4) is 0 Å². The number of carbonyl (C=O) groups is 3. The molecular weight excluding hydrogens is 414 g/mol. The summed E-state index contributed by atoms with van der Waals surface area (Å²) < 4.78 is 0. The van der Waals surface area contributed by atoms with Crippen LogP contribution in [-0.4, -0.2) is 52.0 Å². The van der Waals surface area contributed by atoms with Crippen molar-refractivity contribution in [3.05, 3.63) is 39.3 Å². The molecule has 0 unspecified atom stereocenters. The maximum atomic E-state index is 12.8. The van der Waals surface area contributed by atoms with E-state index in [9.17, 15) is 14.4 Å². The van der Waals surface area contributed by atoms with Crippen molar-refractivity contribution in [1.82, 2.24) is 20.4 Å². The van der Waals surface area contributed by atoms with E-state index in [4.69, 9.17) is 11.6 Å². The van der Waals surface area contributed by atoms with Crippen molar-refractivity contribution in [2.24, 2.45) is 5.92 Å². The second-order valence-corrected chi connectivity index (χ2v) is 8.54. The Morgan fingerprint density at radius 1 is 1.17 bits per heavy atom. The van der Waals surface area contributed by atoms with Crippen molar-refractivity contribution in [1.29, 1.82) is 0 Å². The van der Waals surface area contributed by atoms with Crippen LogP contribution in [0.2, 0.25) is 5.02 Å². The standard InChI is InChI=1S/C19H22ClN5O3S/c1-11(2)21-15(26)12-4-3-9-25(10-12)19(28)18-24-23-17(29-18)16(27)22-14-7-5-13(20)6-8-14/h5-8,11-12H,3-4,9-10H2,1-2H3,(H,21,26)(H,22,27)/t12-/m1/s1. The number of hydrogen-bond acceptors (Lipinski definition) is 6. The first-order chi connectivity index (χ1) is 13.8. The molecule has 3 amide bonds. The second kappa shape index (κ2) is 9.32. The van der Waals surface area contributed by atoms with Gasteiger partial charge in [0, 0.05) is 29.8 Å². The lowest BCUT2D eigenvalue weighted by atomic mass is 9.97. The summed E-state index contributed by atoms with van der Waals surface area (Å²) in [5.74, 6) is -1.04. The molecule has 1 aliphatic rings. The number of benzene rings is 1. The molecule has 1 aromatic carbocycles. The summed E-state index contributed by atoms with van der Waals surface area (Å²) in [5.41, 5.74) is 0.567. The minimum atomic E-state index is -0.447. The third-order valence-corrected chi connectivity index (χ3v) is 5.58. The van der Waals surface area contributed by atoms with E-state index >= 15 is 0 Å². The Balaban J connectivity index is 1.63. The molecule has 0 spiro atoms. The van der Waals surface area contributed by atoms with Crippen LogP contribution in [0.3, 0.4) is 0 Å². The summed E-state index contributed by atoms with van der Waals surface area (Å²) in [5, 5.41) is 14.1. The zero-order valence-corrected chi connectivity index (χ0v) is 17.7. The van der Waals surface area contributed by atoms with E-state index in [1.54, 1.807) is 29.2 Å². The van der Waals surface area contributed by atoms with E-state index in [1.807, 2.05) is 13.8 Å². The van der Waals surface area contributed by atoms with Crippen LogP contribution in [0.1, 0.15) is 46.3 Å². The normalized spacial score (nSPS) is 16.6. The molecule has 1 aromatic heterocycles. The fraction of sp³-hybridized carbons (Fsp3) is 0.421. The highest BCUT2D eigenvalue weighted by Crippen LogP contribution is 2.21. The lowest BCUT2D eigenvalue weighted by molar-refractivity contribution is -0.126. The second-order valence-electron chi connectivity index (χ2n) is 7.13. The summed E-state index contributed by atoms with van der Waals surface area (Å²) in [7, 11) is 0. The third kappa shape index (κ3) is 5.51. The van der Waals surface area contributed by atoms with Gasteiger partial charge < -0.3 is 15.5 Å². The van der Waals surface area contributed by atoms with E-state index in [2.05, 4.69) is 20.8 Å². The van der Waals surface area contributed by atoms with E-state index < -0.39 is 5.91 Å².